The second-order valence-corrected chi connectivity index (χ2v) is 0. The third-order valence-corrected chi connectivity index (χ3v) is 0. The van der Waals surface area contributed by atoms with Crippen LogP contribution in [0.25, 0.3) is 0 Å². The highest BCUT2D eigenvalue weighted by Crippen LogP contribution is 0.960. The summed E-state index contributed by atoms with van der Waals surface area (Å²) in [5.41, 5.74) is 0. The van der Waals surface area contributed by atoms with E-state index in [-0.39, 0.29) is 24.8 Å². The van der Waals surface area contributed by atoms with Crippen molar-refractivity contribution in [2.24, 2.45) is 0 Å². The van der Waals surface area contributed by atoms with Gasteiger partial charge in [0.15, 0.2) is 0 Å². The highest BCUT2D eigenvalue weighted by atomic mass is 35.5. The van der Waals surface area contributed by atoms with Crippen molar-refractivity contribution in [2.45, 2.75) is 6.82 Å². The van der Waals surface area contributed by atoms with Gasteiger partial charge in [0.25, 0.3) is 0 Å². The van der Waals surface area contributed by atoms with Gasteiger partial charge in [0.2, 0.25) is 0 Å². The largest absolute Gasteiger partial charge is 0.147 e. The summed E-state index contributed by atoms with van der Waals surface area (Å²) in [6.07, 6.45) is 0. The van der Waals surface area contributed by atoms with Crippen LogP contribution in [0.15, 0.2) is 0 Å². The van der Waals surface area contributed by atoms with Crippen LogP contribution in [-0.2, 0) is 0 Å². The molecule has 0 bridgehead atoms. The molecular formula is CH7BCl2. The number of rotatable bonds is 0. The van der Waals surface area contributed by atoms with Gasteiger partial charge in [-0.25, -0.2) is 0 Å². The van der Waals surface area contributed by atoms with Crippen LogP contribution in [-0.4, -0.2) is 7.85 Å². The zero-order valence-electron chi connectivity index (χ0n) is 2.82. The van der Waals surface area contributed by atoms with Crippen molar-refractivity contribution >= 4 is 32.7 Å². The van der Waals surface area contributed by atoms with E-state index in [2.05, 4.69) is 0 Å². The van der Waals surface area contributed by atoms with E-state index in [1.165, 1.54) is 0 Å². The molecule has 0 radical (unpaired) electrons. The summed E-state index contributed by atoms with van der Waals surface area (Å²) in [6.45, 7) is 2.00. The molecule has 4 heavy (non-hydrogen) atoms. The van der Waals surface area contributed by atoms with E-state index >= 15 is 0 Å². The highest BCUT2D eigenvalue weighted by Gasteiger charge is 1.01. The fourth-order valence-corrected chi connectivity index (χ4v) is 0. The summed E-state index contributed by atoms with van der Waals surface area (Å²) in [6, 6.07) is 0. The minimum absolute atomic E-state index is 0. The van der Waals surface area contributed by atoms with Gasteiger partial charge in [0, 0.05) is 0 Å². The van der Waals surface area contributed by atoms with Crippen LogP contribution in [0, 0.1) is 0 Å². The third kappa shape index (κ3) is 17.2. The average molecular weight is 101 g/mol. The smallest absolute Gasteiger partial charge is 0.0973 e. The number of halogens is 2. The molecule has 0 aromatic heterocycles. The first-order chi connectivity index (χ1) is 1.00. The highest BCUT2D eigenvalue weighted by molar-refractivity contribution is 6.05. The molecule has 0 nitrogen and oxygen atoms in total. The van der Waals surface area contributed by atoms with Crippen LogP contribution < -0.4 is 0 Å². The summed E-state index contributed by atoms with van der Waals surface area (Å²) < 4.78 is 0. The molecule has 0 atom stereocenters. The van der Waals surface area contributed by atoms with Gasteiger partial charge < -0.3 is 0 Å². The first-order valence-electron chi connectivity index (χ1n) is 1.00. The fourth-order valence-electron chi connectivity index (χ4n) is 0. The van der Waals surface area contributed by atoms with E-state index in [1.807, 2.05) is 14.7 Å². The average Bonchev–Trinajstić information content (AvgIpc) is 1.00. The van der Waals surface area contributed by atoms with Crippen LogP contribution in [0.5, 0.6) is 0 Å². The Kier molecular flexibility index (Phi) is 350. The molecule has 0 unspecified atom stereocenters. The minimum Gasteiger partial charge on any atom is -0.147 e. The van der Waals surface area contributed by atoms with Crippen LogP contribution in [0.2, 0.25) is 6.82 Å². The molecule has 0 rings (SSSR count). The number of hydrogen-bond acceptors (Lipinski definition) is 0. The normalized spacial score (nSPS) is 1.25. The van der Waals surface area contributed by atoms with Gasteiger partial charge in [-0.3, -0.25) is 0 Å². The van der Waals surface area contributed by atoms with Crippen molar-refractivity contribution in [3.8, 4) is 0 Å². The van der Waals surface area contributed by atoms with E-state index in [1.54, 1.807) is 0 Å². The maximum absolute atomic E-state index is 2.00. The topological polar surface area (TPSA) is 0 Å². The molecule has 0 aromatic rings. The van der Waals surface area contributed by atoms with Crippen molar-refractivity contribution in [1.29, 1.82) is 0 Å². The van der Waals surface area contributed by atoms with Gasteiger partial charge in [0.1, 0.15) is 0 Å². The maximum atomic E-state index is 2.00. The molecule has 28 valence electrons. The lowest BCUT2D eigenvalue weighted by Crippen LogP contribution is -1.13. The van der Waals surface area contributed by atoms with E-state index in [9.17, 15) is 0 Å². The Morgan fingerprint density at radius 3 is 1.00 bits per heavy atom. The molecule has 0 fully saturated rings. The first-order valence-corrected chi connectivity index (χ1v) is 1.00. The van der Waals surface area contributed by atoms with Crippen molar-refractivity contribution in [1.82, 2.24) is 0 Å². The second kappa shape index (κ2) is 61.3. The van der Waals surface area contributed by atoms with Crippen molar-refractivity contribution < 1.29 is 0 Å². The van der Waals surface area contributed by atoms with Crippen molar-refractivity contribution in [3.63, 3.8) is 0 Å². The Morgan fingerprint density at radius 1 is 1.00 bits per heavy atom. The molecule has 0 amide bonds. The zero-order chi connectivity index (χ0) is 2.00. The van der Waals surface area contributed by atoms with Crippen LogP contribution in [0.4, 0.5) is 0 Å². The lowest BCUT2D eigenvalue weighted by Gasteiger charge is -1.00. The number of hydrogen-bond donors (Lipinski definition) is 0. The molecule has 0 aliphatic rings. The quantitative estimate of drug-likeness (QED) is 0.390. The maximum Gasteiger partial charge on any atom is 0.0973 e. The molecule has 0 heterocycles. The summed E-state index contributed by atoms with van der Waals surface area (Å²) in [5, 5.41) is 0. The summed E-state index contributed by atoms with van der Waals surface area (Å²) in [5.74, 6) is 0. The zero-order valence-corrected chi connectivity index (χ0v) is 4.45. The minimum atomic E-state index is 0. The molecule has 0 aromatic carbocycles. The molecule has 0 N–H and O–H groups in total. The SMILES string of the molecule is BC.Cl.Cl. The van der Waals surface area contributed by atoms with Gasteiger partial charge in [0.05, 0.1) is 7.85 Å². The third-order valence-electron chi connectivity index (χ3n) is 0. The Hall–Kier alpha value is 0.645. The predicted molar refractivity (Wildman–Crippen MR) is 28.9 cm³/mol. The van der Waals surface area contributed by atoms with E-state index in [0.717, 1.165) is 0 Å². The Bertz CT molecular complexity index is 6.00. The van der Waals surface area contributed by atoms with E-state index < -0.39 is 0 Å². The van der Waals surface area contributed by atoms with Crippen LogP contribution in [0.3, 0.4) is 0 Å². The van der Waals surface area contributed by atoms with E-state index in [0.29, 0.717) is 0 Å². The second-order valence-electron chi connectivity index (χ2n) is 0. The Labute approximate surface area is 40.2 Å². The first kappa shape index (κ1) is 22.8. The van der Waals surface area contributed by atoms with Gasteiger partial charge in [-0.05, 0) is 0 Å². The fraction of sp³-hybridized carbons (Fsp3) is 1.00. The van der Waals surface area contributed by atoms with Crippen molar-refractivity contribution in [3.05, 3.63) is 0 Å². The summed E-state index contributed by atoms with van der Waals surface area (Å²) in [4.78, 5) is 0. The molecule has 0 saturated carbocycles. The van der Waals surface area contributed by atoms with Crippen LogP contribution in [0.1, 0.15) is 0 Å². The monoisotopic (exact) mass is 100 g/mol. The van der Waals surface area contributed by atoms with E-state index in [4.69, 9.17) is 0 Å². The standard InChI is InChI=1S/CH5B.2ClH/c1-2;;/h2H2,1H3;2*1H. The lowest BCUT2D eigenvalue weighted by atomic mass is 10.2. The molecule has 3 heteroatoms. The molecule has 0 saturated heterocycles. The van der Waals surface area contributed by atoms with Gasteiger partial charge >= 0.3 is 0 Å². The lowest BCUT2D eigenvalue weighted by molar-refractivity contribution is 2.40. The van der Waals surface area contributed by atoms with Crippen LogP contribution >= 0.6 is 24.8 Å². The molecule has 0 spiro atoms. The summed E-state index contributed by atoms with van der Waals surface area (Å²) in [7, 11) is 2.00. The summed E-state index contributed by atoms with van der Waals surface area (Å²) >= 11 is 0. The molecule has 0 aliphatic carbocycles. The Morgan fingerprint density at radius 2 is 1.00 bits per heavy atom. The van der Waals surface area contributed by atoms with Gasteiger partial charge in [-0.15, -0.1) is 24.8 Å². The predicted octanol–water partition coefficient (Wildman–Crippen LogP) is 0.511. The Balaban J connectivity index is -0.00000000500. The van der Waals surface area contributed by atoms with Gasteiger partial charge in [-0.2, -0.15) is 0 Å². The van der Waals surface area contributed by atoms with Gasteiger partial charge in [-0.1, -0.05) is 6.82 Å². The molecular weight excluding hydrogens is 93.7 g/mol. The molecule has 0 aliphatic heterocycles. The van der Waals surface area contributed by atoms with Crippen molar-refractivity contribution in [2.75, 3.05) is 0 Å².